The molecule has 0 aliphatic carbocycles. The number of carboxylic acids is 1. The predicted molar refractivity (Wildman–Crippen MR) is 73.2 cm³/mol. The summed E-state index contributed by atoms with van der Waals surface area (Å²) < 4.78 is 1.58. The normalized spacial score (nSPS) is 14.2. The summed E-state index contributed by atoms with van der Waals surface area (Å²) >= 11 is 0. The standard InChI is InChI=1S/C13H21N3O3/c1-8(2)7-16-6-5-14-11(12(16)17)15-10(4)9(3)13(18)19/h5-6,8-10H,7H2,1-4H3,(H,14,15)(H,18,19). The summed E-state index contributed by atoms with van der Waals surface area (Å²) in [5.74, 6) is -0.953. The number of carboxylic acid groups (broad SMARTS) is 1. The highest BCUT2D eigenvalue weighted by Crippen LogP contribution is 2.07. The highest BCUT2D eigenvalue weighted by atomic mass is 16.4. The maximum atomic E-state index is 12.1. The van der Waals surface area contributed by atoms with Gasteiger partial charge in [-0.2, -0.15) is 0 Å². The molecular weight excluding hydrogens is 246 g/mol. The van der Waals surface area contributed by atoms with E-state index in [1.165, 1.54) is 0 Å². The highest BCUT2D eigenvalue weighted by molar-refractivity contribution is 5.70. The van der Waals surface area contributed by atoms with E-state index in [9.17, 15) is 9.59 Å². The minimum Gasteiger partial charge on any atom is -0.481 e. The molecule has 0 bridgehead atoms. The predicted octanol–water partition coefficient (Wildman–Crippen LogP) is 1.42. The Balaban J connectivity index is 2.90. The molecule has 106 valence electrons. The second-order valence-electron chi connectivity index (χ2n) is 5.19. The molecule has 0 spiro atoms. The number of nitrogens with zero attached hydrogens (tertiary/aromatic N) is 2. The fourth-order valence-corrected chi connectivity index (χ4v) is 1.64. The van der Waals surface area contributed by atoms with Crippen LogP contribution < -0.4 is 10.9 Å². The summed E-state index contributed by atoms with van der Waals surface area (Å²) in [4.78, 5) is 27.0. The summed E-state index contributed by atoms with van der Waals surface area (Å²) in [6, 6.07) is -0.368. The van der Waals surface area contributed by atoms with Crippen LogP contribution >= 0.6 is 0 Å². The zero-order valence-corrected chi connectivity index (χ0v) is 11.8. The zero-order chi connectivity index (χ0) is 14.6. The fraction of sp³-hybridized carbons (Fsp3) is 0.615. The van der Waals surface area contributed by atoms with Crippen LogP contribution in [-0.2, 0) is 11.3 Å². The quantitative estimate of drug-likeness (QED) is 0.814. The van der Waals surface area contributed by atoms with Crippen LogP contribution in [0.1, 0.15) is 27.7 Å². The first-order valence-electron chi connectivity index (χ1n) is 6.37. The number of aromatic nitrogens is 2. The van der Waals surface area contributed by atoms with Crippen molar-refractivity contribution in [3.05, 3.63) is 22.7 Å². The van der Waals surface area contributed by atoms with E-state index in [-0.39, 0.29) is 17.4 Å². The molecule has 1 aromatic rings. The molecule has 2 unspecified atom stereocenters. The fourth-order valence-electron chi connectivity index (χ4n) is 1.64. The lowest BCUT2D eigenvalue weighted by molar-refractivity contribution is -0.141. The Kier molecular flexibility index (Phi) is 5.09. The molecule has 0 aliphatic rings. The van der Waals surface area contributed by atoms with Crippen molar-refractivity contribution in [1.82, 2.24) is 9.55 Å². The third-order valence-corrected chi connectivity index (χ3v) is 2.98. The van der Waals surface area contributed by atoms with E-state index in [0.717, 1.165) is 0 Å². The number of hydrogen-bond donors (Lipinski definition) is 2. The van der Waals surface area contributed by atoms with Crippen LogP contribution in [0.5, 0.6) is 0 Å². The molecule has 1 rings (SSSR count). The lowest BCUT2D eigenvalue weighted by Crippen LogP contribution is -2.34. The van der Waals surface area contributed by atoms with Crippen molar-refractivity contribution in [2.45, 2.75) is 40.3 Å². The van der Waals surface area contributed by atoms with Gasteiger partial charge in [0.25, 0.3) is 5.56 Å². The van der Waals surface area contributed by atoms with E-state index in [1.54, 1.807) is 30.8 Å². The van der Waals surface area contributed by atoms with Crippen LogP contribution in [0, 0.1) is 11.8 Å². The van der Waals surface area contributed by atoms with Gasteiger partial charge in [0.2, 0.25) is 0 Å². The van der Waals surface area contributed by atoms with Gasteiger partial charge >= 0.3 is 5.97 Å². The summed E-state index contributed by atoms with van der Waals surface area (Å²) in [6.07, 6.45) is 3.18. The molecule has 0 aromatic carbocycles. The van der Waals surface area contributed by atoms with Crippen LogP contribution in [0.2, 0.25) is 0 Å². The van der Waals surface area contributed by atoms with E-state index in [2.05, 4.69) is 10.3 Å². The van der Waals surface area contributed by atoms with Crippen LogP contribution in [-0.4, -0.2) is 26.7 Å². The van der Waals surface area contributed by atoms with Crippen molar-refractivity contribution >= 4 is 11.8 Å². The van der Waals surface area contributed by atoms with Gasteiger partial charge in [-0.25, -0.2) is 4.98 Å². The van der Waals surface area contributed by atoms with E-state index in [0.29, 0.717) is 12.5 Å². The first-order valence-corrected chi connectivity index (χ1v) is 6.37. The van der Waals surface area contributed by atoms with Crippen LogP contribution in [0.25, 0.3) is 0 Å². The van der Waals surface area contributed by atoms with Crippen molar-refractivity contribution in [3.8, 4) is 0 Å². The van der Waals surface area contributed by atoms with Crippen molar-refractivity contribution in [1.29, 1.82) is 0 Å². The van der Waals surface area contributed by atoms with Crippen molar-refractivity contribution in [3.63, 3.8) is 0 Å². The van der Waals surface area contributed by atoms with Gasteiger partial charge in [0, 0.05) is 25.0 Å². The Hall–Kier alpha value is -1.85. The molecule has 0 saturated carbocycles. The van der Waals surface area contributed by atoms with Gasteiger partial charge < -0.3 is 15.0 Å². The first kappa shape index (κ1) is 15.2. The van der Waals surface area contributed by atoms with Gasteiger partial charge in [-0.05, 0) is 19.8 Å². The molecule has 0 fully saturated rings. The monoisotopic (exact) mass is 267 g/mol. The van der Waals surface area contributed by atoms with Crippen LogP contribution in [0.15, 0.2) is 17.2 Å². The molecule has 0 radical (unpaired) electrons. The van der Waals surface area contributed by atoms with Crippen molar-refractivity contribution in [2.75, 3.05) is 5.32 Å². The second-order valence-corrected chi connectivity index (χ2v) is 5.19. The summed E-state index contributed by atoms with van der Waals surface area (Å²) in [5, 5.41) is 11.8. The van der Waals surface area contributed by atoms with Gasteiger partial charge in [0.1, 0.15) is 0 Å². The van der Waals surface area contributed by atoms with Gasteiger partial charge in [0.05, 0.1) is 5.92 Å². The molecule has 0 saturated heterocycles. The molecule has 2 atom stereocenters. The number of rotatable bonds is 6. The lowest BCUT2D eigenvalue weighted by Gasteiger charge is -2.18. The van der Waals surface area contributed by atoms with E-state index < -0.39 is 11.9 Å². The number of anilines is 1. The van der Waals surface area contributed by atoms with Crippen molar-refractivity contribution in [2.24, 2.45) is 11.8 Å². The lowest BCUT2D eigenvalue weighted by atomic mass is 10.0. The van der Waals surface area contributed by atoms with E-state index >= 15 is 0 Å². The van der Waals surface area contributed by atoms with Crippen LogP contribution in [0.4, 0.5) is 5.82 Å². The number of nitrogens with one attached hydrogen (secondary N) is 1. The number of carbonyl (C=O) groups is 1. The van der Waals surface area contributed by atoms with Crippen molar-refractivity contribution < 1.29 is 9.90 Å². The molecule has 1 aromatic heterocycles. The second kappa shape index (κ2) is 6.36. The molecule has 0 aliphatic heterocycles. The smallest absolute Gasteiger partial charge is 0.308 e. The topological polar surface area (TPSA) is 84.2 Å². The zero-order valence-electron chi connectivity index (χ0n) is 11.8. The summed E-state index contributed by atoms with van der Waals surface area (Å²) in [5.41, 5.74) is -0.222. The van der Waals surface area contributed by atoms with E-state index in [4.69, 9.17) is 5.11 Å². The summed E-state index contributed by atoms with van der Waals surface area (Å²) in [7, 11) is 0. The summed E-state index contributed by atoms with van der Waals surface area (Å²) in [6.45, 7) is 7.97. The maximum Gasteiger partial charge on any atom is 0.308 e. The van der Waals surface area contributed by atoms with Gasteiger partial charge in [0.15, 0.2) is 5.82 Å². The third kappa shape index (κ3) is 4.08. The minimum absolute atomic E-state index is 0.198. The van der Waals surface area contributed by atoms with Crippen LogP contribution in [0.3, 0.4) is 0 Å². The molecular formula is C13H21N3O3. The van der Waals surface area contributed by atoms with Gasteiger partial charge in [-0.3, -0.25) is 9.59 Å². The number of hydrogen-bond acceptors (Lipinski definition) is 4. The largest absolute Gasteiger partial charge is 0.481 e. The first-order chi connectivity index (χ1) is 8.82. The molecule has 19 heavy (non-hydrogen) atoms. The molecule has 6 nitrogen and oxygen atoms in total. The van der Waals surface area contributed by atoms with Gasteiger partial charge in [-0.1, -0.05) is 13.8 Å². The molecule has 2 N–H and O–H groups in total. The Morgan fingerprint density at radius 1 is 1.42 bits per heavy atom. The molecule has 0 amide bonds. The Labute approximate surface area is 112 Å². The third-order valence-electron chi connectivity index (χ3n) is 2.98. The van der Waals surface area contributed by atoms with E-state index in [1.807, 2.05) is 13.8 Å². The van der Waals surface area contributed by atoms with Gasteiger partial charge in [-0.15, -0.1) is 0 Å². The Morgan fingerprint density at radius 2 is 2.05 bits per heavy atom. The molecule has 6 heteroatoms. The Morgan fingerprint density at radius 3 is 2.58 bits per heavy atom. The minimum atomic E-state index is -0.904. The average Bonchev–Trinajstić information content (AvgIpc) is 2.32. The Bertz CT molecular complexity index is 496. The SMILES string of the molecule is CC(C)Cn1ccnc(NC(C)C(C)C(=O)O)c1=O. The average molecular weight is 267 g/mol. The maximum absolute atomic E-state index is 12.1. The highest BCUT2D eigenvalue weighted by Gasteiger charge is 2.20. The number of aliphatic carboxylic acids is 1. The molecule has 1 heterocycles.